The highest BCUT2D eigenvalue weighted by Crippen LogP contribution is 2.28. The number of carbonyl (C=O) groups is 1. The molecule has 0 spiro atoms. The van der Waals surface area contributed by atoms with E-state index < -0.39 is 0 Å². The summed E-state index contributed by atoms with van der Waals surface area (Å²) >= 11 is 0. The second-order valence-electron chi connectivity index (χ2n) is 3.91. The molecule has 0 amide bonds. The first-order chi connectivity index (χ1) is 7.20. The number of aromatic nitrogens is 2. The van der Waals surface area contributed by atoms with E-state index in [0.717, 1.165) is 17.7 Å². The number of ether oxygens (including phenoxy) is 1. The molecule has 1 aliphatic rings. The van der Waals surface area contributed by atoms with Gasteiger partial charge >= 0.3 is 0 Å². The van der Waals surface area contributed by atoms with Gasteiger partial charge in [-0.05, 0) is 6.42 Å². The van der Waals surface area contributed by atoms with Crippen molar-refractivity contribution in [3.05, 3.63) is 17.5 Å². The molecule has 1 aromatic heterocycles. The number of carbonyl (C=O) groups excluding carboxylic acids is 1. The predicted octanol–water partition coefficient (Wildman–Crippen LogP) is 1.40. The van der Waals surface area contributed by atoms with Crippen LogP contribution in [0.3, 0.4) is 0 Å². The Morgan fingerprint density at radius 1 is 1.67 bits per heavy atom. The standard InChI is InChI=1S/C11H16N2O2/c1-3-10-9(7-13(2)12-10)11-6-8(14)4-5-15-11/h7,11H,3-6H2,1-2H3. The highest BCUT2D eigenvalue weighted by molar-refractivity contribution is 5.79. The Hall–Kier alpha value is -1.16. The fourth-order valence-corrected chi connectivity index (χ4v) is 1.98. The fraction of sp³-hybridized carbons (Fsp3) is 0.636. The first-order valence-corrected chi connectivity index (χ1v) is 5.36. The summed E-state index contributed by atoms with van der Waals surface area (Å²) in [6, 6.07) is 0. The maximum Gasteiger partial charge on any atom is 0.138 e. The van der Waals surface area contributed by atoms with Crippen LogP contribution in [-0.4, -0.2) is 22.2 Å². The molecule has 2 rings (SSSR count). The van der Waals surface area contributed by atoms with Crippen molar-refractivity contribution in [3.63, 3.8) is 0 Å². The van der Waals surface area contributed by atoms with Crippen molar-refractivity contribution in [2.75, 3.05) is 6.61 Å². The van der Waals surface area contributed by atoms with Gasteiger partial charge in [-0.15, -0.1) is 0 Å². The van der Waals surface area contributed by atoms with Gasteiger partial charge in [0.2, 0.25) is 0 Å². The molecule has 0 aliphatic carbocycles. The molecule has 2 heterocycles. The molecular weight excluding hydrogens is 192 g/mol. The second-order valence-corrected chi connectivity index (χ2v) is 3.91. The van der Waals surface area contributed by atoms with Crippen LogP contribution in [0.4, 0.5) is 0 Å². The Morgan fingerprint density at radius 2 is 2.47 bits per heavy atom. The molecule has 82 valence electrons. The lowest BCUT2D eigenvalue weighted by Crippen LogP contribution is -2.19. The van der Waals surface area contributed by atoms with Crippen molar-refractivity contribution in [2.24, 2.45) is 7.05 Å². The summed E-state index contributed by atoms with van der Waals surface area (Å²) in [5, 5.41) is 4.35. The zero-order chi connectivity index (χ0) is 10.8. The van der Waals surface area contributed by atoms with E-state index in [9.17, 15) is 4.79 Å². The van der Waals surface area contributed by atoms with Crippen LogP contribution in [0.15, 0.2) is 6.20 Å². The fourth-order valence-electron chi connectivity index (χ4n) is 1.98. The second kappa shape index (κ2) is 4.14. The van der Waals surface area contributed by atoms with Crippen molar-refractivity contribution in [2.45, 2.75) is 32.3 Å². The topological polar surface area (TPSA) is 44.1 Å². The van der Waals surface area contributed by atoms with Gasteiger partial charge in [-0.3, -0.25) is 9.48 Å². The number of hydrogen-bond donors (Lipinski definition) is 0. The first-order valence-electron chi connectivity index (χ1n) is 5.36. The molecule has 0 aromatic carbocycles. The lowest BCUT2D eigenvalue weighted by Gasteiger charge is -2.21. The smallest absolute Gasteiger partial charge is 0.138 e. The van der Waals surface area contributed by atoms with Gasteiger partial charge in [0.25, 0.3) is 0 Å². The van der Waals surface area contributed by atoms with Gasteiger partial charge in [-0.2, -0.15) is 5.10 Å². The molecule has 1 atom stereocenters. The molecule has 0 bridgehead atoms. The molecule has 0 N–H and O–H groups in total. The molecule has 15 heavy (non-hydrogen) atoms. The Balaban J connectivity index is 2.23. The average molecular weight is 208 g/mol. The number of aryl methyl sites for hydroxylation is 2. The Morgan fingerprint density at radius 3 is 3.13 bits per heavy atom. The van der Waals surface area contributed by atoms with Crippen molar-refractivity contribution in [3.8, 4) is 0 Å². The predicted molar refractivity (Wildman–Crippen MR) is 55.5 cm³/mol. The van der Waals surface area contributed by atoms with Gasteiger partial charge in [0.15, 0.2) is 0 Å². The molecule has 1 unspecified atom stereocenters. The summed E-state index contributed by atoms with van der Waals surface area (Å²) in [5.74, 6) is 0.289. The molecule has 1 aliphatic heterocycles. The zero-order valence-electron chi connectivity index (χ0n) is 9.19. The Bertz CT molecular complexity index is 371. The van der Waals surface area contributed by atoms with Crippen molar-refractivity contribution in [1.29, 1.82) is 0 Å². The summed E-state index contributed by atoms with van der Waals surface area (Å²) in [5.41, 5.74) is 2.12. The SMILES string of the molecule is CCc1nn(C)cc1C1CC(=O)CCO1. The molecular formula is C11H16N2O2. The average Bonchev–Trinajstić information content (AvgIpc) is 2.59. The lowest BCUT2D eigenvalue weighted by molar-refractivity contribution is -0.128. The zero-order valence-corrected chi connectivity index (χ0v) is 9.19. The van der Waals surface area contributed by atoms with Crippen LogP contribution in [0, 0.1) is 0 Å². The molecule has 1 saturated heterocycles. The molecule has 4 heteroatoms. The highest BCUT2D eigenvalue weighted by Gasteiger charge is 2.25. The number of Topliss-reactive ketones (excluding diaryl/α,β-unsaturated/α-hetero) is 1. The molecule has 0 saturated carbocycles. The van der Waals surface area contributed by atoms with E-state index in [4.69, 9.17) is 4.74 Å². The third-order valence-corrected chi connectivity index (χ3v) is 2.73. The van der Waals surface area contributed by atoms with E-state index in [-0.39, 0.29) is 11.9 Å². The number of ketones is 1. The van der Waals surface area contributed by atoms with Crippen LogP contribution in [0.5, 0.6) is 0 Å². The first kappa shape index (κ1) is 10.4. The van der Waals surface area contributed by atoms with E-state index in [1.165, 1.54) is 0 Å². The third kappa shape index (κ3) is 2.09. The normalized spacial score (nSPS) is 22.0. The summed E-state index contributed by atoms with van der Waals surface area (Å²) in [6.07, 6.45) is 3.82. The van der Waals surface area contributed by atoms with Crippen molar-refractivity contribution < 1.29 is 9.53 Å². The molecule has 1 aromatic rings. The molecule has 0 radical (unpaired) electrons. The summed E-state index contributed by atoms with van der Waals surface area (Å²) in [4.78, 5) is 11.3. The summed E-state index contributed by atoms with van der Waals surface area (Å²) in [6.45, 7) is 2.61. The van der Waals surface area contributed by atoms with E-state index in [1.54, 1.807) is 4.68 Å². The van der Waals surface area contributed by atoms with Gasteiger partial charge < -0.3 is 4.74 Å². The minimum atomic E-state index is -0.0742. The van der Waals surface area contributed by atoms with Crippen molar-refractivity contribution in [1.82, 2.24) is 9.78 Å². The van der Waals surface area contributed by atoms with E-state index in [0.29, 0.717) is 19.4 Å². The minimum Gasteiger partial charge on any atom is -0.372 e. The van der Waals surface area contributed by atoms with E-state index >= 15 is 0 Å². The maximum absolute atomic E-state index is 11.3. The third-order valence-electron chi connectivity index (χ3n) is 2.73. The molecule has 4 nitrogen and oxygen atoms in total. The number of rotatable bonds is 2. The van der Waals surface area contributed by atoms with Gasteiger partial charge in [-0.1, -0.05) is 6.92 Å². The van der Waals surface area contributed by atoms with Gasteiger partial charge in [-0.25, -0.2) is 0 Å². The van der Waals surface area contributed by atoms with Crippen LogP contribution >= 0.6 is 0 Å². The molecule has 1 fully saturated rings. The number of nitrogens with zero attached hydrogens (tertiary/aromatic N) is 2. The van der Waals surface area contributed by atoms with Crippen molar-refractivity contribution >= 4 is 5.78 Å². The van der Waals surface area contributed by atoms with E-state index in [1.807, 2.05) is 13.2 Å². The lowest BCUT2D eigenvalue weighted by atomic mass is 10.0. The Kier molecular flexibility index (Phi) is 2.86. The van der Waals surface area contributed by atoms with Gasteiger partial charge in [0.05, 0.1) is 18.4 Å². The van der Waals surface area contributed by atoms with Crippen LogP contribution in [0.2, 0.25) is 0 Å². The van der Waals surface area contributed by atoms with Crippen LogP contribution in [0.1, 0.15) is 37.1 Å². The largest absolute Gasteiger partial charge is 0.372 e. The van der Waals surface area contributed by atoms with Crippen LogP contribution < -0.4 is 0 Å². The quantitative estimate of drug-likeness (QED) is 0.738. The van der Waals surface area contributed by atoms with Crippen LogP contribution in [-0.2, 0) is 23.0 Å². The monoisotopic (exact) mass is 208 g/mol. The number of hydrogen-bond acceptors (Lipinski definition) is 3. The minimum absolute atomic E-state index is 0.0742. The Labute approximate surface area is 89.2 Å². The van der Waals surface area contributed by atoms with Gasteiger partial charge in [0, 0.05) is 31.6 Å². The summed E-state index contributed by atoms with van der Waals surface area (Å²) in [7, 11) is 1.90. The van der Waals surface area contributed by atoms with Gasteiger partial charge in [0.1, 0.15) is 5.78 Å². The maximum atomic E-state index is 11.3. The summed E-state index contributed by atoms with van der Waals surface area (Å²) < 4.78 is 7.40. The highest BCUT2D eigenvalue weighted by atomic mass is 16.5. The van der Waals surface area contributed by atoms with E-state index in [2.05, 4.69) is 12.0 Å². The van der Waals surface area contributed by atoms with Crippen LogP contribution in [0.25, 0.3) is 0 Å².